The third kappa shape index (κ3) is 3.99. The number of aliphatic hydroxyl groups is 1. The van der Waals surface area contributed by atoms with E-state index < -0.39 is 5.60 Å². The average Bonchev–Trinajstić information content (AvgIpc) is 3.46. The molecule has 0 bridgehead atoms. The number of rotatable bonds is 9. The number of thioether (sulfide) groups is 1. The first kappa shape index (κ1) is 19.5. The van der Waals surface area contributed by atoms with Crippen LogP contribution < -0.4 is 0 Å². The minimum Gasteiger partial charge on any atom is -0.382 e. The second-order valence-electron chi connectivity index (χ2n) is 8.08. The lowest BCUT2D eigenvalue weighted by atomic mass is 9.89. The van der Waals surface area contributed by atoms with Crippen LogP contribution in [0, 0.1) is 5.92 Å². The summed E-state index contributed by atoms with van der Waals surface area (Å²) >= 11 is 1.73. The summed E-state index contributed by atoms with van der Waals surface area (Å²) in [6.45, 7) is 3.12. The Morgan fingerprint density at radius 1 is 1.11 bits per heavy atom. The maximum atomic E-state index is 11.8. The molecule has 148 valence electrons. The zero-order chi connectivity index (χ0) is 19.6. The van der Waals surface area contributed by atoms with Crippen LogP contribution in [0.3, 0.4) is 0 Å². The van der Waals surface area contributed by atoms with Gasteiger partial charge in [0.15, 0.2) is 0 Å². The van der Waals surface area contributed by atoms with Crippen molar-refractivity contribution < 1.29 is 5.11 Å². The summed E-state index contributed by atoms with van der Waals surface area (Å²) < 4.78 is 2.33. The summed E-state index contributed by atoms with van der Waals surface area (Å²) in [5.41, 5.74) is 2.59. The molecule has 1 aliphatic rings. The number of hydrogen-bond acceptors (Lipinski definition) is 3. The van der Waals surface area contributed by atoms with Crippen LogP contribution in [0.15, 0.2) is 53.4 Å². The quantitative estimate of drug-likeness (QED) is 0.467. The number of hydrogen-bond donors (Lipinski definition) is 1. The number of imidazole rings is 1. The summed E-state index contributed by atoms with van der Waals surface area (Å²) in [4.78, 5) is 6.25. The second kappa shape index (κ2) is 8.30. The van der Waals surface area contributed by atoms with Gasteiger partial charge in [-0.2, -0.15) is 0 Å². The second-order valence-corrected chi connectivity index (χ2v) is 8.93. The summed E-state index contributed by atoms with van der Waals surface area (Å²) in [5, 5.41) is 11.8. The Balaban J connectivity index is 1.76. The van der Waals surface area contributed by atoms with Crippen LogP contribution in [0.4, 0.5) is 0 Å². The smallest absolute Gasteiger partial charge is 0.142 e. The molecule has 1 saturated carbocycles. The number of benzene rings is 2. The van der Waals surface area contributed by atoms with Gasteiger partial charge in [0.2, 0.25) is 0 Å². The molecule has 0 spiro atoms. The van der Waals surface area contributed by atoms with Gasteiger partial charge in [-0.3, -0.25) is 0 Å². The lowest BCUT2D eigenvalue weighted by molar-refractivity contribution is 0.00605. The van der Waals surface area contributed by atoms with E-state index in [4.69, 9.17) is 4.98 Å². The van der Waals surface area contributed by atoms with Crippen molar-refractivity contribution in [1.82, 2.24) is 9.55 Å². The molecule has 0 unspecified atom stereocenters. The highest BCUT2D eigenvalue weighted by Gasteiger charge is 2.36. The van der Waals surface area contributed by atoms with E-state index in [0.717, 1.165) is 43.1 Å². The molecule has 1 aromatic heterocycles. The van der Waals surface area contributed by atoms with E-state index in [1.54, 1.807) is 11.8 Å². The number of aryl methyl sites for hydroxylation is 1. The molecule has 4 heteroatoms. The maximum Gasteiger partial charge on any atom is 0.142 e. The van der Waals surface area contributed by atoms with Gasteiger partial charge in [-0.25, -0.2) is 4.98 Å². The molecule has 4 rings (SSSR count). The standard InChI is InChI=1S/C24H30N2OS/c1-3-15-24(27,16-14-18-8-5-4-6-9-18)23-25-22-20(10-7-11-21(22)28-2)26(23)17-19-12-13-19/h4-11,19,27H,3,12-17H2,1-2H3/t24-/m0/s1. The van der Waals surface area contributed by atoms with E-state index in [1.807, 2.05) is 6.07 Å². The number of para-hydroxylation sites is 1. The van der Waals surface area contributed by atoms with E-state index in [0.29, 0.717) is 6.42 Å². The molecular formula is C24H30N2OS. The van der Waals surface area contributed by atoms with Crippen LogP contribution in [-0.2, 0) is 18.6 Å². The van der Waals surface area contributed by atoms with Crippen molar-refractivity contribution in [2.45, 2.75) is 62.5 Å². The fraction of sp³-hybridized carbons (Fsp3) is 0.458. The van der Waals surface area contributed by atoms with Crippen LogP contribution in [-0.4, -0.2) is 20.9 Å². The van der Waals surface area contributed by atoms with Gasteiger partial charge in [-0.1, -0.05) is 49.7 Å². The molecule has 3 nitrogen and oxygen atoms in total. The molecule has 0 radical (unpaired) electrons. The molecule has 0 saturated heterocycles. The van der Waals surface area contributed by atoms with E-state index in [2.05, 4.69) is 60.2 Å². The number of aromatic nitrogens is 2. The molecule has 28 heavy (non-hydrogen) atoms. The Bertz CT molecular complexity index is 932. The van der Waals surface area contributed by atoms with E-state index in [1.165, 1.54) is 28.8 Å². The van der Waals surface area contributed by atoms with Gasteiger partial charge in [-0.05, 0) is 62.0 Å². The predicted octanol–water partition coefficient (Wildman–Crippen LogP) is 5.79. The molecule has 3 aromatic rings. The number of nitrogens with zero attached hydrogens (tertiary/aromatic N) is 2. The van der Waals surface area contributed by atoms with Gasteiger partial charge in [0, 0.05) is 11.4 Å². The molecule has 2 aromatic carbocycles. The monoisotopic (exact) mass is 394 g/mol. The highest BCUT2D eigenvalue weighted by Crippen LogP contribution is 2.39. The molecule has 0 amide bonds. The van der Waals surface area contributed by atoms with Crippen molar-refractivity contribution in [3.63, 3.8) is 0 Å². The summed E-state index contributed by atoms with van der Waals surface area (Å²) in [6.07, 6.45) is 7.92. The van der Waals surface area contributed by atoms with Gasteiger partial charge in [0.1, 0.15) is 16.9 Å². The van der Waals surface area contributed by atoms with E-state index in [-0.39, 0.29) is 0 Å². The SMILES string of the molecule is CCC[C@](O)(CCc1ccccc1)c1nc2c(SC)cccc2n1CC1CC1. The molecule has 1 atom stereocenters. The van der Waals surface area contributed by atoms with Crippen molar-refractivity contribution in [3.8, 4) is 0 Å². The Labute approximate surface area is 172 Å². The minimum atomic E-state index is -0.895. The number of fused-ring (bicyclic) bond motifs is 1. The van der Waals surface area contributed by atoms with Crippen LogP contribution in [0.1, 0.15) is 50.4 Å². The predicted molar refractivity (Wildman–Crippen MR) is 118 cm³/mol. The van der Waals surface area contributed by atoms with E-state index >= 15 is 0 Å². The molecule has 1 heterocycles. The summed E-state index contributed by atoms with van der Waals surface area (Å²) in [7, 11) is 0. The highest BCUT2D eigenvalue weighted by atomic mass is 32.2. The van der Waals surface area contributed by atoms with Crippen molar-refractivity contribution in [2.24, 2.45) is 5.92 Å². The fourth-order valence-electron chi connectivity index (χ4n) is 4.14. The Morgan fingerprint density at radius 2 is 1.89 bits per heavy atom. The largest absolute Gasteiger partial charge is 0.382 e. The van der Waals surface area contributed by atoms with Gasteiger partial charge < -0.3 is 9.67 Å². The van der Waals surface area contributed by atoms with Crippen LogP contribution in [0.2, 0.25) is 0 Å². The third-order valence-electron chi connectivity index (χ3n) is 5.85. The highest BCUT2D eigenvalue weighted by molar-refractivity contribution is 7.98. The van der Waals surface area contributed by atoms with Crippen LogP contribution >= 0.6 is 11.8 Å². The zero-order valence-corrected chi connectivity index (χ0v) is 17.7. The van der Waals surface area contributed by atoms with E-state index in [9.17, 15) is 5.11 Å². The van der Waals surface area contributed by atoms with Crippen LogP contribution in [0.25, 0.3) is 11.0 Å². The molecule has 0 aliphatic heterocycles. The van der Waals surface area contributed by atoms with Crippen molar-refractivity contribution in [1.29, 1.82) is 0 Å². The summed E-state index contributed by atoms with van der Waals surface area (Å²) in [5.74, 6) is 1.60. The average molecular weight is 395 g/mol. The zero-order valence-electron chi connectivity index (χ0n) is 16.9. The van der Waals surface area contributed by atoms with Crippen molar-refractivity contribution in [2.75, 3.05) is 6.26 Å². The first-order chi connectivity index (χ1) is 13.6. The molecule has 1 fully saturated rings. The topological polar surface area (TPSA) is 38.1 Å². The molecule has 1 N–H and O–H groups in total. The van der Waals surface area contributed by atoms with Gasteiger partial charge >= 0.3 is 0 Å². The Kier molecular flexibility index (Phi) is 5.79. The first-order valence-corrected chi connectivity index (χ1v) is 11.7. The van der Waals surface area contributed by atoms with Gasteiger partial charge in [0.25, 0.3) is 0 Å². The lowest BCUT2D eigenvalue weighted by Gasteiger charge is -2.28. The summed E-state index contributed by atoms with van der Waals surface area (Å²) in [6, 6.07) is 16.9. The van der Waals surface area contributed by atoms with Crippen LogP contribution in [0.5, 0.6) is 0 Å². The third-order valence-corrected chi connectivity index (χ3v) is 6.62. The van der Waals surface area contributed by atoms with Gasteiger partial charge in [-0.15, -0.1) is 11.8 Å². The van der Waals surface area contributed by atoms with Gasteiger partial charge in [0.05, 0.1) is 5.52 Å². The van der Waals surface area contributed by atoms with Crippen molar-refractivity contribution >= 4 is 22.8 Å². The fourth-order valence-corrected chi connectivity index (χ4v) is 4.70. The molecular weight excluding hydrogens is 364 g/mol. The van der Waals surface area contributed by atoms with Crippen molar-refractivity contribution in [3.05, 3.63) is 59.9 Å². The maximum absolute atomic E-state index is 11.8. The first-order valence-electron chi connectivity index (χ1n) is 10.4. The Hall–Kier alpha value is -1.78. The normalized spacial score (nSPS) is 16.4. The lowest BCUT2D eigenvalue weighted by Crippen LogP contribution is -2.31. The minimum absolute atomic E-state index is 0.702. The Morgan fingerprint density at radius 3 is 2.57 bits per heavy atom. The molecule has 1 aliphatic carbocycles.